The van der Waals surface area contributed by atoms with E-state index in [-0.39, 0.29) is 5.91 Å². The van der Waals surface area contributed by atoms with Crippen LogP contribution in [0.5, 0.6) is 0 Å². The van der Waals surface area contributed by atoms with E-state index in [2.05, 4.69) is 15.5 Å². The first-order valence-electron chi connectivity index (χ1n) is 7.29. The van der Waals surface area contributed by atoms with Crippen LogP contribution in [-0.2, 0) is 11.3 Å². The number of H-pyrrole nitrogens is 1. The number of benzene rings is 1. The average molecular weight is 379 g/mol. The number of aromatic nitrogens is 3. The molecule has 0 aliphatic rings. The molecule has 24 heavy (non-hydrogen) atoms. The van der Waals surface area contributed by atoms with Crippen LogP contribution in [0.2, 0.25) is 5.02 Å². The van der Waals surface area contributed by atoms with Crippen LogP contribution >= 0.6 is 35.2 Å². The van der Waals surface area contributed by atoms with Gasteiger partial charge >= 0.3 is 0 Å². The fourth-order valence-corrected chi connectivity index (χ4v) is 3.43. The number of aromatic amines is 1. The zero-order valence-corrected chi connectivity index (χ0v) is 15.2. The van der Waals surface area contributed by atoms with Gasteiger partial charge in [0.2, 0.25) is 5.91 Å². The molecule has 0 fully saturated rings. The second-order valence-corrected chi connectivity index (χ2v) is 6.99. The van der Waals surface area contributed by atoms with Gasteiger partial charge in [0.05, 0.1) is 4.88 Å². The Kier molecular flexibility index (Phi) is 5.13. The van der Waals surface area contributed by atoms with Crippen molar-refractivity contribution in [2.75, 3.05) is 0 Å². The van der Waals surface area contributed by atoms with Crippen molar-refractivity contribution in [2.45, 2.75) is 19.5 Å². The smallest absolute Gasteiger partial charge is 0.243 e. The van der Waals surface area contributed by atoms with Crippen LogP contribution in [0, 0.1) is 4.77 Å². The van der Waals surface area contributed by atoms with E-state index >= 15 is 0 Å². The van der Waals surface area contributed by atoms with E-state index in [0.29, 0.717) is 22.2 Å². The zero-order valence-electron chi connectivity index (χ0n) is 12.8. The molecule has 3 aromatic rings. The van der Waals surface area contributed by atoms with Crippen LogP contribution in [0.15, 0.2) is 41.8 Å². The fourth-order valence-electron chi connectivity index (χ4n) is 2.30. The van der Waals surface area contributed by atoms with E-state index in [9.17, 15) is 4.79 Å². The van der Waals surface area contributed by atoms with Gasteiger partial charge in [0.1, 0.15) is 6.04 Å². The second kappa shape index (κ2) is 7.29. The van der Waals surface area contributed by atoms with E-state index in [1.165, 1.54) is 0 Å². The predicted octanol–water partition coefficient (Wildman–Crippen LogP) is 4.20. The minimum Gasteiger partial charge on any atom is -0.350 e. The van der Waals surface area contributed by atoms with Crippen molar-refractivity contribution in [1.29, 1.82) is 0 Å². The van der Waals surface area contributed by atoms with Gasteiger partial charge in [-0.3, -0.25) is 14.5 Å². The number of carbonyl (C=O) groups is 1. The number of thiophene rings is 1. The molecule has 2 heterocycles. The maximum Gasteiger partial charge on any atom is 0.243 e. The number of hydrogen-bond acceptors (Lipinski definition) is 4. The maximum absolute atomic E-state index is 12.5. The number of carbonyl (C=O) groups excluding carboxylic acids is 1. The van der Waals surface area contributed by atoms with Gasteiger partial charge in [0, 0.05) is 11.6 Å². The first-order valence-corrected chi connectivity index (χ1v) is 8.96. The molecule has 0 saturated heterocycles. The summed E-state index contributed by atoms with van der Waals surface area (Å²) in [5.41, 5.74) is 0.981. The summed E-state index contributed by atoms with van der Waals surface area (Å²) in [5, 5.41) is 12.6. The maximum atomic E-state index is 12.5. The van der Waals surface area contributed by atoms with Crippen LogP contribution in [0.4, 0.5) is 0 Å². The summed E-state index contributed by atoms with van der Waals surface area (Å²) in [6, 6.07) is 10.8. The van der Waals surface area contributed by atoms with Crippen molar-refractivity contribution in [3.8, 4) is 10.7 Å². The number of nitrogens with one attached hydrogen (secondary N) is 2. The molecule has 0 spiro atoms. The highest BCUT2D eigenvalue weighted by Crippen LogP contribution is 2.25. The lowest BCUT2D eigenvalue weighted by atomic mass is 10.2. The Hall–Kier alpha value is -1.96. The Labute approximate surface area is 153 Å². The zero-order chi connectivity index (χ0) is 17.1. The number of amides is 1. The number of halogens is 1. The largest absolute Gasteiger partial charge is 0.350 e. The van der Waals surface area contributed by atoms with Gasteiger partial charge in [0.25, 0.3) is 0 Å². The third-order valence-corrected chi connectivity index (χ3v) is 5.00. The van der Waals surface area contributed by atoms with Crippen molar-refractivity contribution < 1.29 is 4.79 Å². The second-order valence-electron chi connectivity index (χ2n) is 5.22. The molecule has 5 nitrogen and oxygen atoms in total. The fraction of sp³-hybridized carbons (Fsp3) is 0.188. The first kappa shape index (κ1) is 16.9. The van der Waals surface area contributed by atoms with Gasteiger partial charge in [-0.25, -0.2) is 0 Å². The van der Waals surface area contributed by atoms with Gasteiger partial charge in [-0.15, -0.1) is 11.3 Å². The lowest BCUT2D eigenvalue weighted by Gasteiger charge is -2.15. The van der Waals surface area contributed by atoms with Crippen LogP contribution in [0.3, 0.4) is 0 Å². The molecule has 0 saturated carbocycles. The van der Waals surface area contributed by atoms with Crippen LogP contribution in [-0.4, -0.2) is 20.7 Å². The summed E-state index contributed by atoms with van der Waals surface area (Å²) >= 11 is 12.7. The highest BCUT2D eigenvalue weighted by molar-refractivity contribution is 7.71. The van der Waals surface area contributed by atoms with Gasteiger partial charge < -0.3 is 5.32 Å². The Balaban J connectivity index is 1.75. The van der Waals surface area contributed by atoms with Crippen molar-refractivity contribution in [3.63, 3.8) is 0 Å². The number of nitrogens with zero attached hydrogens (tertiary/aromatic N) is 2. The standard InChI is InChI=1S/C16H15ClN4OS2/c1-10(15(22)18-9-11-4-6-12(17)7-5-11)21-14(19-20-16(21)23)13-3-2-8-24-13/h2-8,10H,9H2,1H3,(H,18,22)(H,20,23). The molecule has 1 unspecified atom stereocenters. The minimum atomic E-state index is -0.472. The molecule has 1 aromatic carbocycles. The number of rotatable bonds is 5. The lowest BCUT2D eigenvalue weighted by molar-refractivity contribution is -0.124. The normalized spacial score (nSPS) is 12.1. The molecule has 1 amide bonds. The highest BCUT2D eigenvalue weighted by atomic mass is 35.5. The average Bonchev–Trinajstić information content (AvgIpc) is 3.22. The molecular formula is C16H15ClN4OS2. The van der Waals surface area contributed by atoms with Gasteiger partial charge in [-0.1, -0.05) is 29.8 Å². The molecule has 124 valence electrons. The van der Waals surface area contributed by atoms with Gasteiger partial charge in [0.15, 0.2) is 10.6 Å². The SMILES string of the molecule is CC(C(=O)NCc1ccc(Cl)cc1)n1c(-c2cccs2)n[nH]c1=S. The molecule has 0 aliphatic heterocycles. The molecule has 2 aromatic heterocycles. The predicted molar refractivity (Wildman–Crippen MR) is 98.7 cm³/mol. The van der Waals surface area contributed by atoms with E-state index in [0.717, 1.165) is 10.4 Å². The summed E-state index contributed by atoms with van der Waals surface area (Å²) in [4.78, 5) is 13.5. The number of hydrogen-bond donors (Lipinski definition) is 2. The molecule has 0 radical (unpaired) electrons. The Morgan fingerprint density at radius 2 is 2.17 bits per heavy atom. The highest BCUT2D eigenvalue weighted by Gasteiger charge is 2.21. The molecular weight excluding hydrogens is 364 g/mol. The monoisotopic (exact) mass is 378 g/mol. The summed E-state index contributed by atoms with van der Waals surface area (Å²) in [7, 11) is 0. The van der Waals surface area contributed by atoms with Crippen LogP contribution < -0.4 is 5.32 Å². The summed E-state index contributed by atoms with van der Waals surface area (Å²) < 4.78 is 2.16. The Morgan fingerprint density at radius 1 is 1.42 bits per heavy atom. The van der Waals surface area contributed by atoms with Crippen molar-refractivity contribution in [2.24, 2.45) is 0 Å². The van der Waals surface area contributed by atoms with Crippen molar-refractivity contribution >= 4 is 41.1 Å². The molecule has 3 rings (SSSR count). The molecule has 0 bridgehead atoms. The third kappa shape index (κ3) is 3.58. The summed E-state index contributed by atoms with van der Waals surface area (Å²) in [6.45, 7) is 2.24. The van der Waals surface area contributed by atoms with Gasteiger partial charge in [-0.05, 0) is 48.3 Å². The van der Waals surface area contributed by atoms with Crippen molar-refractivity contribution in [3.05, 3.63) is 57.1 Å². The molecule has 0 aliphatic carbocycles. The van der Waals surface area contributed by atoms with E-state index < -0.39 is 6.04 Å². The van der Waals surface area contributed by atoms with Crippen molar-refractivity contribution in [1.82, 2.24) is 20.1 Å². The molecule has 2 N–H and O–H groups in total. The summed E-state index contributed by atoms with van der Waals surface area (Å²) in [6.07, 6.45) is 0. The topological polar surface area (TPSA) is 62.7 Å². The lowest BCUT2D eigenvalue weighted by Crippen LogP contribution is -2.31. The van der Waals surface area contributed by atoms with Gasteiger partial charge in [-0.2, -0.15) is 5.10 Å². The molecule has 1 atom stereocenters. The van der Waals surface area contributed by atoms with Crippen LogP contribution in [0.1, 0.15) is 18.5 Å². The molecule has 8 heteroatoms. The Bertz CT molecular complexity index is 884. The quantitative estimate of drug-likeness (QED) is 0.654. The van der Waals surface area contributed by atoms with E-state index in [1.54, 1.807) is 35.0 Å². The van der Waals surface area contributed by atoms with E-state index in [4.69, 9.17) is 23.8 Å². The summed E-state index contributed by atoms with van der Waals surface area (Å²) in [5.74, 6) is 0.546. The first-order chi connectivity index (χ1) is 11.6. The van der Waals surface area contributed by atoms with Crippen LogP contribution in [0.25, 0.3) is 10.7 Å². The minimum absolute atomic E-state index is 0.125. The van der Waals surface area contributed by atoms with E-state index in [1.807, 2.05) is 29.6 Å². The Morgan fingerprint density at radius 3 is 2.83 bits per heavy atom. The third-order valence-electron chi connectivity index (χ3n) is 3.59.